The number of carbonyl (C=O) groups is 9. The molecule has 0 aliphatic carbocycles. The summed E-state index contributed by atoms with van der Waals surface area (Å²) >= 11 is 0. The molecule has 39 heteroatoms. The van der Waals surface area contributed by atoms with Crippen molar-refractivity contribution in [2.24, 2.45) is 0 Å². The molecule has 634 valence electrons. The third kappa shape index (κ3) is 50.7. The number of nitrogens with one attached hydrogen (secondary N) is 4. The summed E-state index contributed by atoms with van der Waals surface area (Å²) in [6, 6.07) is 4.00. The van der Waals surface area contributed by atoms with Crippen LogP contribution in [0.15, 0.2) is 24.3 Å². The number of aromatic nitrogens is 3. The lowest BCUT2D eigenvalue weighted by Gasteiger charge is -2.37. The van der Waals surface area contributed by atoms with Crippen molar-refractivity contribution in [3.63, 3.8) is 0 Å². The molecular formula is C73H121N13O26. The molecular weight excluding hydrogens is 1470 g/mol. The highest BCUT2D eigenvalue weighted by Crippen LogP contribution is 2.20. The Balaban J connectivity index is 0.0000106. The molecule has 0 spiro atoms. The van der Waals surface area contributed by atoms with E-state index in [1.54, 1.807) is 9.80 Å². The van der Waals surface area contributed by atoms with E-state index in [4.69, 9.17) is 72.6 Å². The second kappa shape index (κ2) is 62.2. The first-order valence-electron chi connectivity index (χ1n) is 38.4. The smallest absolute Gasteiger partial charge is 0.373 e. The standard InChI is InChI=1S/C72H121N13O24.CO2/c1-80-24-25-82(53-65(91)92)26-27-83(54-66(93)94)30-33-85(55-67(95)96)58(52-80)50-56-14-16-57(17-15-56)51-61-77-70(74-22-35-103-37-39-105-41-43-107-45-47-109-49-48-108-46-44-106-42-40-104-38-36-102-34-20-64(89)90)79-71(78-61)84-31-28-81(29-32-84)23-11-7-5-3-2-4-6-8-13-62(86)73-21-10-9-12-59(68(97)98)75-72(101)76-60(69(99)100)18-19-63(87)88;2-1-3/h14-17,58-60H,2-13,18-55H2,1H3,(H,73,86)(H,87,88)(H,89,90)(H,91,92)(H,93,94)(H,95,96)(H,97,98)(H,99,100)(H2,75,76,101)(H,74,77,78,79);/t58?,59-,60-;/m0./s1. The highest BCUT2D eigenvalue weighted by atomic mass is 16.6. The average molecular weight is 1600 g/mol. The maximum absolute atomic E-state index is 12.5. The molecule has 11 N–H and O–H groups in total. The number of hydrogen-bond acceptors (Lipinski definition) is 29. The van der Waals surface area contributed by atoms with E-state index in [0.717, 1.165) is 95.2 Å². The quantitative estimate of drug-likeness (QED) is 0.0410. The zero-order chi connectivity index (χ0) is 81.8. The molecule has 1 aromatic heterocycles. The van der Waals surface area contributed by atoms with E-state index in [-0.39, 0.29) is 70.1 Å². The number of aliphatic carboxylic acids is 7. The molecule has 39 nitrogen and oxygen atoms in total. The molecule has 2 fully saturated rings. The number of carboxylic acids is 7. The fraction of sp³-hybridized carbons (Fsp3) is 0.740. The monoisotopic (exact) mass is 1600 g/mol. The van der Waals surface area contributed by atoms with Crippen LogP contribution in [0.1, 0.15) is 113 Å². The molecule has 2 aliphatic rings. The molecule has 2 aliphatic heterocycles. The van der Waals surface area contributed by atoms with E-state index in [0.29, 0.717) is 201 Å². The van der Waals surface area contributed by atoms with Gasteiger partial charge in [0.1, 0.15) is 17.9 Å². The molecule has 0 bridgehead atoms. The van der Waals surface area contributed by atoms with Gasteiger partial charge in [-0.25, -0.2) is 14.4 Å². The molecule has 1 unspecified atom stereocenters. The molecule has 2 aromatic rings. The van der Waals surface area contributed by atoms with E-state index in [9.17, 15) is 68.7 Å². The first kappa shape index (κ1) is 97.9. The Bertz CT molecular complexity index is 3010. The summed E-state index contributed by atoms with van der Waals surface area (Å²) in [7, 11) is 1.94. The lowest BCUT2D eigenvalue weighted by atomic mass is 10.0. The summed E-state index contributed by atoms with van der Waals surface area (Å²) in [5.41, 5.74) is 1.93. The van der Waals surface area contributed by atoms with E-state index in [1.807, 2.05) is 36.2 Å². The van der Waals surface area contributed by atoms with Gasteiger partial charge in [-0.3, -0.25) is 48.4 Å². The molecule has 2 saturated heterocycles. The maximum Gasteiger partial charge on any atom is 0.373 e. The van der Waals surface area contributed by atoms with Crippen LogP contribution in [0.4, 0.5) is 16.7 Å². The van der Waals surface area contributed by atoms with Gasteiger partial charge in [-0.15, -0.1) is 0 Å². The number of amides is 3. The van der Waals surface area contributed by atoms with Crippen molar-refractivity contribution in [2.75, 3.05) is 234 Å². The second-order valence-electron chi connectivity index (χ2n) is 26.8. The van der Waals surface area contributed by atoms with Crippen LogP contribution in [0.3, 0.4) is 0 Å². The predicted octanol–water partition coefficient (Wildman–Crippen LogP) is 0.904. The summed E-state index contributed by atoms with van der Waals surface area (Å²) in [5.74, 6) is -6.40. The van der Waals surface area contributed by atoms with Crippen LogP contribution in [0.25, 0.3) is 0 Å². The van der Waals surface area contributed by atoms with Crippen LogP contribution < -0.4 is 26.2 Å². The number of carboxylic acid groups (broad SMARTS) is 7. The van der Waals surface area contributed by atoms with Crippen molar-refractivity contribution < 1.29 is 126 Å². The van der Waals surface area contributed by atoms with Crippen molar-refractivity contribution in [3.8, 4) is 0 Å². The predicted molar refractivity (Wildman–Crippen MR) is 402 cm³/mol. The Morgan fingerprint density at radius 2 is 0.902 bits per heavy atom. The Morgan fingerprint density at radius 1 is 0.455 bits per heavy atom. The highest BCUT2D eigenvalue weighted by molar-refractivity contribution is 5.86. The van der Waals surface area contributed by atoms with Gasteiger partial charge < -0.3 is 105 Å². The van der Waals surface area contributed by atoms with Gasteiger partial charge in [0.2, 0.25) is 17.8 Å². The van der Waals surface area contributed by atoms with E-state index in [1.165, 1.54) is 0 Å². The van der Waals surface area contributed by atoms with Gasteiger partial charge in [0.15, 0.2) is 0 Å². The lowest BCUT2D eigenvalue weighted by Crippen LogP contribution is -2.52. The van der Waals surface area contributed by atoms with Crippen LogP contribution in [0, 0.1) is 0 Å². The summed E-state index contributed by atoms with van der Waals surface area (Å²) < 4.78 is 44.3. The fourth-order valence-corrected chi connectivity index (χ4v) is 11.9. The number of benzene rings is 1. The fourth-order valence-electron chi connectivity index (χ4n) is 11.9. The zero-order valence-corrected chi connectivity index (χ0v) is 64.8. The zero-order valence-electron chi connectivity index (χ0n) is 64.8. The van der Waals surface area contributed by atoms with E-state index in [2.05, 4.69) is 36.0 Å². The van der Waals surface area contributed by atoms with Gasteiger partial charge in [-0.2, -0.15) is 24.5 Å². The maximum atomic E-state index is 12.5. The third-order valence-corrected chi connectivity index (χ3v) is 17.8. The number of carbonyl (C=O) groups excluding carboxylic acids is 4. The van der Waals surface area contributed by atoms with Gasteiger partial charge in [0, 0.05) is 110 Å². The number of unbranched alkanes of at least 4 members (excludes halogenated alkanes) is 8. The summed E-state index contributed by atoms with van der Waals surface area (Å²) in [6.45, 7) is 13.0. The number of nitrogens with zero attached hydrogens (tertiary/aromatic N) is 9. The number of urea groups is 1. The van der Waals surface area contributed by atoms with Crippen LogP contribution in [0.5, 0.6) is 0 Å². The van der Waals surface area contributed by atoms with E-state index >= 15 is 0 Å². The van der Waals surface area contributed by atoms with Gasteiger partial charge >= 0.3 is 54.0 Å². The topological polar surface area (TPSA) is 509 Å². The molecule has 3 heterocycles. The Kier molecular flexibility index (Phi) is 54.4. The summed E-state index contributed by atoms with van der Waals surface area (Å²) in [5, 5.41) is 76.2. The van der Waals surface area contributed by atoms with E-state index < -0.39 is 66.3 Å². The first-order chi connectivity index (χ1) is 54.0. The molecule has 112 heavy (non-hydrogen) atoms. The highest BCUT2D eigenvalue weighted by Gasteiger charge is 2.28. The van der Waals surface area contributed by atoms with Crippen LogP contribution in [-0.2, 0) is 98.7 Å². The number of piperazine rings is 1. The van der Waals surface area contributed by atoms with Crippen LogP contribution >= 0.6 is 0 Å². The normalized spacial score (nSPS) is 15.5. The average Bonchev–Trinajstić information content (AvgIpc) is 0.820. The minimum atomic E-state index is -1.50. The van der Waals surface area contributed by atoms with Gasteiger partial charge in [0.25, 0.3) is 0 Å². The second-order valence-corrected chi connectivity index (χ2v) is 26.8. The van der Waals surface area contributed by atoms with Crippen LogP contribution in [0.2, 0.25) is 0 Å². The molecule has 3 atom stereocenters. The first-order valence-corrected chi connectivity index (χ1v) is 38.4. The van der Waals surface area contributed by atoms with Crippen molar-refractivity contribution in [1.29, 1.82) is 0 Å². The largest absolute Gasteiger partial charge is 0.481 e. The molecule has 0 radical (unpaired) electrons. The summed E-state index contributed by atoms with van der Waals surface area (Å²) in [4.78, 5) is 148. The minimum Gasteiger partial charge on any atom is -0.481 e. The molecule has 0 saturated carbocycles. The Labute approximate surface area is 654 Å². The molecule has 1 aromatic carbocycles. The van der Waals surface area contributed by atoms with Crippen molar-refractivity contribution >= 4 is 71.8 Å². The molecule has 3 amide bonds. The van der Waals surface area contributed by atoms with Crippen molar-refractivity contribution in [3.05, 3.63) is 41.2 Å². The molecule has 4 rings (SSSR count). The minimum absolute atomic E-state index is 0.0355. The lowest BCUT2D eigenvalue weighted by molar-refractivity contribution is -0.192. The van der Waals surface area contributed by atoms with Crippen molar-refractivity contribution in [2.45, 2.75) is 127 Å². The Morgan fingerprint density at radius 3 is 1.40 bits per heavy atom. The number of hydrogen-bond donors (Lipinski definition) is 11. The number of anilines is 2. The third-order valence-electron chi connectivity index (χ3n) is 17.8. The van der Waals surface area contributed by atoms with Crippen LogP contribution in [-0.4, -0.2) is 377 Å². The van der Waals surface area contributed by atoms with Crippen molar-refractivity contribution in [1.82, 2.24) is 55.4 Å². The SMILES string of the molecule is CN1CCN(CC(=O)O)CCN(CC(=O)O)CCN(CC(=O)O)C(Cc2ccc(Cc3nc(NCCOCCOCCOCCOCCOCCOCCOCCOCCC(=O)O)nc(N4CCN(CCCCCCCCCCC(=O)NCCCC[C@H](NC(=O)N[C@@H](CCC(=O)O)C(=O)O)C(=O)O)CC4)n3)cc2)C1.O=C=O. The van der Waals surface area contributed by atoms with Gasteiger partial charge in [-0.1, -0.05) is 62.8 Å². The Hall–Kier alpha value is -8.28. The van der Waals surface area contributed by atoms with Gasteiger partial charge in [0.05, 0.1) is 132 Å². The number of ether oxygens (including phenoxy) is 8. The number of likely N-dealkylation sites (N-methyl/N-ethyl adjacent to an activating group) is 1. The summed E-state index contributed by atoms with van der Waals surface area (Å²) in [6.07, 6.45) is 9.71. The number of rotatable bonds is 62. The van der Waals surface area contributed by atoms with Gasteiger partial charge in [-0.05, 0) is 69.7 Å².